The number of hydrogen-bond donors (Lipinski definition) is 1. The number of carbonyl (C=O) groups excluding carboxylic acids is 3. The number of anilines is 1. The number of aliphatic hydroxyl groups excluding tert-OH is 1. The van der Waals surface area contributed by atoms with E-state index in [-0.39, 0.29) is 27.9 Å². The summed E-state index contributed by atoms with van der Waals surface area (Å²) in [7, 11) is 0. The molecular weight excluding hydrogens is 546 g/mol. The van der Waals surface area contributed by atoms with Crippen LogP contribution in [0.5, 0.6) is 11.5 Å². The van der Waals surface area contributed by atoms with Gasteiger partial charge in [-0.2, -0.15) is 0 Å². The first kappa shape index (κ1) is 29.5. The minimum Gasteiger partial charge on any atom is -0.507 e. The maximum absolute atomic E-state index is 13.6. The molecule has 1 atom stereocenters. The zero-order valence-electron chi connectivity index (χ0n) is 23.1. The van der Waals surface area contributed by atoms with Crippen LogP contribution in [0.1, 0.15) is 59.2 Å². The van der Waals surface area contributed by atoms with Crippen LogP contribution in [-0.4, -0.2) is 52.6 Å². The molecule has 1 saturated heterocycles. The first-order valence-electron chi connectivity index (χ1n) is 13.2. The van der Waals surface area contributed by atoms with Crippen molar-refractivity contribution in [3.8, 4) is 11.5 Å². The van der Waals surface area contributed by atoms with Crippen LogP contribution in [-0.2, 0) is 14.3 Å². The maximum atomic E-state index is 13.6. The molecule has 10 nitrogen and oxygen atoms in total. The number of unbranched alkanes of at least 4 members (excludes halogenated alkanes) is 1. The molecule has 1 aliphatic heterocycles. The fourth-order valence-electron chi connectivity index (χ4n) is 4.29. The number of ether oxygens (including phenoxy) is 3. The third kappa shape index (κ3) is 6.14. The smallest absolute Gasteiger partial charge is 0.350 e. The topological polar surface area (TPSA) is 128 Å². The summed E-state index contributed by atoms with van der Waals surface area (Å²) in [6.45, 7) is 9.92. The van der Waals surface area contributed by atoms with E-state index in [1.807, 2.05) is 6.92 Å². The Balaban J connectivity index is 1.88. The van der Waals surface area contributed by atoms with Crippen LogP contribution in [0.15, 0.2) is 61.0 Å². The Hall–Kier alpha value is -4.51. The van der Waals surface area contributed by atoms with Gasteiger partial charge in [0.25, 0.3) is 5.78 Å². The molecule has 4 rings (SSSR count). The van der Waals surface area contributed by atoms with Crippen molar-refractivity contribution in [3.63, 3.8) is 0 Å². The fourth-order valence-corrected chi connectivity index (χ4v) is 5.28. The van der Waals surface area contributed by atoms with Gasteiger partial charge in [0.2, 0.25) is 0 Å². The summed E-state index contributed by atoms with van der Waals surface area (Å²) >= 11 is 0.923. The molecule has 0 bridgehead atoms. The van der Waals surface area contributed by atoms with E-state index in [1.165, 1.54) is 35.5 Å². The number of aryl methyl sites for hydroxylation is 1. The lowest BCUT2D eigenvalue weighted by atomic mass is 9.95. The van der Waals surface area contributed by atoms with Gasteiger partial charge in [0.15, 0.2) is 16.6 Å². The standard InChI is InChI=1S/C30H31N3O7S/c1-5-8-16-39-21-10-9-20(17-22(21)38-7-3)24-23(25(34)19-11-13-31-14-12-19)26(35)28(36)33(24)30-32-18(4)27(41-30)29(37)40-15-6-2/h6,9-14,17,24,34H,2,5,7-8,15-16H2,1,3-4H3/b25-23+. The highest BCUT2D eigenvalue weighted by molar-refractivity contribution is 7.17. The highest BCUT2D eigenvalue weighted by Gasteiger charge is 2.48. The summed E-state index contributed by atoms with van der Waals surface area (Å²) < 4.78 is 16.9. The lowest BCUT2D eigenvalue weighted by molar-refractivity contribution is -0.132. The van der Waals surface area contributed by atoms with Crippen molar-refractivity contribution >= 4 is 39.9 Å². The van der Waals surface area contributed by atoms with Gasteiger partial charge in [-0.1, -0.05) is 43.4 Å². The molecule has 0 spiro atoms. The maximum Gasteiger partial charge on any atom is 0.350 e. The van der Waals surface area contributed by atoms with Gasteiger partial charge in [-0.15, -0.1) is 0 Å². The molecule has 1 aromatic carbocycles. The Morgan fingerprint density at radius 3 is 2.59 bits per heavy atom. The number of carbonyl (C=O) groups is 3. The van der Waals surface area contributed by atoms with E-state index < -0.39 is 23.7 Å². The number of Topliss-reactive ketones (excluding diaryl/α,β-unsaturated/α-hetero) is 1. The largest absolute Gasteiger partial charge is 0.507 e. The third-order valence-corrected chi connectivity index (χ3v) is 7.38. The minimum absolute atomic E-state index is 0.00876. The Morgan fingerprint density at radius 2 is 1.90 bits per heavy atom. The van der Waals surface area contributed by atoms with Gasteiger partial charge < -0.3 is 19.3 Å². The number of rotatable bonds is 12. The molecule has 41 heavy (non-hydrogen) atoms. The summed E-state index contributed by atoms with van der Waals surface area (Å²) in [5, 5.41) is 11.4. The molecule has 1 N–H and O–H groups in total. The Kier molecular flexibility index (Phi) is 9.51. The number of ketones is 1. The number of hydrogen-bond acceptors (Lipinski definition) is 10. The molecule has 0 saturated carbocycles. The second-order valence-corrected chi connectivity index (χ2v) is 10.0. The second kappa shape index (κ2) is 13.2. The average Bonchev–Trinajstić information content (AvgIpc) is 3.49. The zero-order valence-corrected chi connectivity index (χ0v) is 23.9. The fraction of sp³-hybridized carbons (Fsp3) is 0.300. The number of thiazole rings is 1. The summed E-state index contributed by atoms with van der Waals surface area (Å²) in [4.78, 5) is 49.5. The van der Waals surface area contributed by atoms with Crippen LogP contribution in [0.4, 0.5) is 5.13 Å². The van der Waals surface area contributed by atoms with Crippen LogP contribution in [0, 0.1) is 6.92 Å². The van der Waals surface area contributed by atoms with Crippen molar-refractivity contribution in [2.75, 3.05) is 24.7 Å². The lowest BCUT2D eigenvalue weighted by Gasteiger charge is -2.24. The molecule has 214 valence electrons. The predicted octanol–water partition coefficient (Wildman–Crippen LogP) is 5.39. The molecule has 11 heteroatoms. The molecule has 3 heterocycles. The van der Waals surface area contributed by atoms with E-state index in [0.717, 1.165) is 24.2 Å². The van der Waals surface area contributed by atoms with Gasteiger partial charge in [-0.25, -0.2) is 9.78 Å². The normalized spacial score (nSPS) is 16.1. The zero-order chi connectivity index (χ0) is 29.5. The van der Waals surface area contributed by atoms with Gasteiger partial charge in [0, 0.05) is 18.0 Å². The van der Waals surface area contributed by atoms with E-state index in [1.54, 1.807) is 25.1 Å². The average molecular weight is 578 g/mol. The molecule has 1 unspecified atom stereocenters. The van der Waals surface area contributed by atoms with Gasteiger partial charge in [-0.05, 0) is 50.1 Å². The number of benzene rings is 1. The molecule has 0 radical (unpaired) electrons. The molecule has 3 aromatic rings. The third-order valence-electron chi connectivity index (χ3n) is 6.25. The Morgan fingerprint density at radius 1 is 1.15 bits per heavy atom. The molecule has 2 aromatic heterocycles. The predicted molar refractivity (Wildman–Crippen MR) is 154 cm³/mol. The van der Waals surface area contributed by atoms with Crippen LogP contribution < -0.4 is 14.4 Å². The van der Waals surface area contributed by atoms with E-state index in [4.69, 9.17) is 14.2 Å². The van der Waals surface area contributed by atoms with Crippen molar-refractivity contribution in [3.05, 3.63) is 82.7 Å². The second-order valence-electron chi connectivity index (χ2n) is 9.04. The SMILES string of the molecule is C=CCOC(=O)c1sc(N2C(=O)C(=O)/C(=C(/O)c3ccncc3)C2c2ccc(OCCCC)c(OCC)c2)nc1C. The van der Waals surface area contributed by atoms with Crippen molar-refractivity contribution in [1.29, 1.82) is 0 Å². The summed E-state index contributed by atoms with van der Waals surface area (Å²) in [5.41, 5.74) is 1.00. The highest BCUT2D eigenvalue weighted by Crippen LogP contribution is 2.45. The quantitative estimate of drug-likeness (QED) is 0.0752. The summed E-state index contributed by atoms with van der Waals surface area (Å²) in [6, 6.07) is 7.12. The van der Waals surface area contributed by atoms with Crippen molar-refractivity contribution in [1.82, 2.24) is 9.97 Å². The molecule has 1 aliphatic rings. The van der Waals surface area contributed by atoms with Gasteiger partial charge in [0.05, 0.1) is 30.5 Å². The summed E-state index contributed by atoms with van der Waals surface area (Å²) in [5.74, 6) is -1.82. The number of nitrogens with zero attached hydrogens (tertiary/aromatic N) is 3. The first-order valence-corrected chi connectivity index (χ1v) is 14.0. The lowest BCUT2D eigenvalue weighted by Crippen LogP contribution is -2.29. The van der Waals surface area contributed by atoms with E-state index >= 15 is 0 Å². The van der Waals surface area contributed by atoms with Gasteiger partial charge in [0.1, 0.15) is 17.2 Å². The van der Waals surface area contributed by atoms with E-state index in [2.05, 4.69) is 23.5 Å². The number of pyridine rings is 1. The molecule has 0 aliphatic carbocycles. The van der Waals surface area contributed by atoms with Crippen LogP contribution in [0.3, 0.4) is 0 Å². The highest BCUT2D eigenvalue weighted by atomic mass is 32.1. The van der Waals surface area contributed by atoms with Crippen LogP contribution in [0.2, 0.25) is 0 Å². The van der Waals surface area contributed by atoms with Gasteiger partial charge in [-0.3, -0.25) is 19.5 Å². The minimum atomic E-state index is -1.07. The molecule has 1 amide bonds. The van der Waals surface area contributed by atoms with Crippen LogP contribution >= 0.6 is 11.3 Å². The van der Waals surface area contributed by atoms with E-state index in [0.29, 0.717) is 41.5 Å². The number of aliphatic hydroxyl groups is 1. The van der Waals surface area contributed by atoms with Gasteiger partial charge >= 0.3 is 11.9 Å². The van der Waals surface area contributed by atoms with E-state index in [9.17, 15) is 19.5 Å². The Labute approximate surface area is 241 Å². The monoisotopic (exact) mass is 577 g/mol. The number of aromatic nitrogens is 2. The molecule has 1 fully saturated rings. The first-order chi connectivity index (χ1) is 19.8. The van der Waals surface area contributed by atoms with Crippen molar-refractivity contribution in [2.24, 2.45) is 0 Å². The van der Waals surface area contributed by atoms with Crippen molar-refractivity contribution < 1.29 is 33.7 Å². The number of esters is 1. The summed E-state index contributed by atoms with van der Waals surface area (Å²) in [6.07, 6.45) is 6.21. The molecular formula is C30H31N3O7S. The van der Waals surface area contributed by atoms with Crippen LogP contribution in [0.25, 0.3) is 5.76 Å². The number of amides is 1. The Bertz CT molecular complexity index is 1480. The van der Waals surface area contributed by atoms with Crippen molar-refractivity contribution in [2.45, 2.75) is 39.7 Å².